The third-order valence-corrected chi connectivity index (χ3v) is 5.65. The number of para-hydroxylation sites is 1. The summed E-state index contributed by atoms with van der Waals surface area (Å²) in [5.74, 6) is -0.294. The summed E-state index contributed by atoms with van der Waals surface area (Å²) >= 11 is 0. The van der Waals surface area contributed by atoms with E-state index < -0.39 is 16.1 Å². The van der Waals surface area contributed by atoms with Crippen LogP contribution >= 0.6 is 0 Å². The smallest absolute Gasteiger partial charge is 0.345 e. The Morgan fingerprint density at radius 1 is 1.07 bits per heavy atom. The zero-order valence-electron chi connectivity index (χ0n) is 16.0. The van der Waals surface area contributed by atoms with Crippen LogP contribution in [0.25, 0.3) is 0 Å². The molecule has 0 radical (unpaired) electrons. The van der Waals surface area contributed by atoms with Gasteiger partial charge in [0.05, 0.1) is 12.8 Å². The third kappa shape index (κ3) is 4.19. The highest BCUT2D eigenvalue weighted by Gasteiger charge is 2.30. The number of likely N-dealkylation sites (N-methyl/N-ethyl adjacent to an activating group) is 1. The van der Waals surface area contributed by atoms with E-state index in [1.807, 2.05) is 0 Å². The van der Waals surface area contributed by atoms with Crippen LogP contribution in [0.3, 0.4) is 0 Å². The second-order valence-corrected chi connectivity index (χ2v) is 7.87. The van der Waals surface area contributed by atoms with Gasteiger partial charge < -0.3 is 10.1 Å². The number of nitrogens with zero attached hydrogens (tertiary/aromatic N) is 2. The molecule has 0 aromatic heterocycles. The van der Waals surface area contributed by atoms with E-state index in [0.29, 0.717) is 22.6 Å². The number of anilines is 1. The molecule has 2 aromatic rings. The van der Waals surface area contributed by atoms with Crippen LogP contribution in [0.5, 0.6) is 5.75 Å². The van der Waals surface area contributed by atoms with Crippen molar-refractivity contribution in [1.29, 1.82) is 0 Å². The number of allylic oxidation sites excluding steroid dienone is 1. The lowest BCUT2D eigenvalue weighted by molar-refractivity contribution is -0.113. The predicted molar refractivity (Wildman–Crippen MR) is 109 cm³/mol. The number of rotatable bonds is 5. The number of benzene rings is 2. The second-order valence-electron chi connectivity index (χ2n) is 6.24. The second kappa shape index (κ2) is 7.88. The Balaban J connectivity index is 1.96. The summed E-state index contributed by atoms with van der Waals surface area (Å²) in [6.45, 7) is 1.44. The molecule has 1 N–H and O–H groups in total. The number of hydrogen-bond donors (Lipinski definition) is 1. The van der Waals surface area contributed by atoms with E-state index in [1.165, 1.54) is 27.2 Å². The van der Waals surface area contributed by atoms with Crippen molar-refractivity contribution in [2.75, 3.05) is 19.5 Å². The molecule has 0 bridgehead atoms. The van der Waals surface area contributed by atoms with Gasteiger partial charge in [-0.05, 0) is 49.4 Å². The molecule has 1 aliphatic rings. The molecule has 9 heteroatoms. The van der Waals surface area contributed by atoms with Gasteiger partial charge >= 0.3 is 10.2 Å². The molecule has 29 heavy (non-hydrogen) atoms. The molecule has 8 nitrogen and oxygen atoms in total. The summed E-state index contributed by atoms with van der Waals surface area (Å²) in [4.78, 5) is 24.1. The van der Waals surface area contributed by atoms with E-state index in [9.17, 15) is 18.0 Å². The average molecular weight is 413 g/mol. The van der Waals surface area contributed by atoms with Crippen LogP contribution in [0.15, 0.2) is 64.7 Å². The SMILES string of the molecule is COc1ccccc1C1=NS(=O)(=O)N(C)C(C(=O)Nc2ccc(C(C)=O)cc2)=C1. The van der Waals surface area contributed by atoms with Gasteiger partial charge in [0, 0.05) is 23.9 Å². The summed E-state index contributed by atoms with van der Waals surface area (Å²) in [6, 6.07) is 13.1. The minimum atomic E-state index is -4.10. The Morgan fingerprint density at radius 2 is 1.72 bits per heavy atom. The van der Waals surface area contributed by atoms with Crippen LogP contribution in [0.1, 0.15) is 22.8 Å². The van der Waals surface area contributed by atoms with E-state index in [1.54, 1.807) is 48.5 Å². The molecule has 0 atom stereocenters. The van der Waals surface area contributed by atoms with Gasteiger partial charge in [0.15, 0.2) is 5.78 Å². The van der Waals surface area contributed by atoms with Crippen LogP contribution in [-0.2, 0) is 15.0 Å². The van der Waals surface area contributed by atoms with Crippen LogP contribution in [0.2, 0.25) is 0 Å². The highest BCUT2D eigenvalue weighted by molar-refractivity contribution is 7.88. The van der Waals surface area contributed by atoms with Crippen molar-refractivity contribution < 1.29 is 22.7 Å². The lowest BCUT2D eigenvalue weighted by Gasteiger charge is -2.24. The fraction of sp³-hybridized carbons (Fsp3) is 0.150. The number of hydrogen-bond acceptors (Lipinski definition) is 5. The Kier molecular flexibility index (Phi) is 5.51. The van der Waals surface area contributed by atoms with E-state index in [2.05, 4.69) is 9.71 Å². The van der Waals surface area contributed by atoms with Crippen molar-refractivity contribution in [3.63, 3.8) is 0 Å². The number of carbonyl (C=O) groups excluding carboxylic acids is 2. The molecule has 2 aromatic carbocycles. The molecule has 0 saturated carbocycles. The average Bonchev–Trinajstić information content (AvgIpc) is 2.70. The van der Waals surface area contributed by atoms with Gasteiger partial charge in [-0.2, -0.15) is 8.42 Å². The number of Topliss-reactive ketones (excluding diaryl/α,β-unsaturated/α-hetero) is 1. The molecule has 1 heterocycles. The first kappa shape index (κ1) is 20.3. The van der Waals surface area contributed by atoms with Crippen molar-refractivity contribution in [2.45, 2.75) is 6.92 Å². The lowest BCUT2D eigenvalue weighted by atomic mass is 10.1. The molecule has 0 saturated heterocycles. The predicted octanol–water partition coefficient (Wildman–Crippen LogP) is 2.40. The van der Waals surface area contributed by atoms with Crippen LogP contribution in [-0.4, -0.2) is 44.3 Å². The molecule has 0 spiro atoms. The summed E-state index contributed by atoms with van der Waals surface area (Å²) in [6.07, 6.45) is 1.39. The molecule has 1 aliphatic heterocycles. The quantitative estimate of drug-likeness (QED) is 0.758. The molecule has 3 rings (SSSR count). The van der Waals surface area contributed by atoms with Gasteiger partial charge in [0.2, 0.25) is 0 Å². The zero-order valence-corrected chi connectivity index (χ0v) is 16.9. The van der Waals surface area contributed by atoms with E-state index in [4.69, 9.17) is 4.74 Å². The first-order valence-electron chi connectivity index (χ1n) is 8.59. The van der Waals surface area contributed by atoms with Gasteiger partial charge in [-0.25, -0.2) is 4.31 Å². The normalized spacial score (nSPS) is 15.2. The van der Waals surface area contributed by atoms with Crippen molar-refractivity contribution >= 4 is 33.3 Å². The standard InChI is InChI=1S/C20H19N3O5S/c1-13(24)14-8-10-15(11-9-14)21-20(25)18-12-17(22-29(26,27)23(18)2)16-6-4-5-7-19(16)28-3/h4-12H,1-3H3,(H,21,25). The zero-order chi connectivity index (χ0) is 21.2. The number of ether oxygens (including phenoxy) is 1. The lowest BCUT2D eigenvalue weighted by Crippen LogP contribution is -2.35. The first-order chi connectivity index (χ1) is 13.7. The maximum atomic E-state index is 12.8. The summed E-state index contributed by atoms with van der Waals surface area (Å²) in [5.41, 5.74) is 1.37. The van der Waals surface area contributed by atoms with E-state index in [0.717, 1.165) is 4.31 Å². The number of carbonyl (C=O) groups is 2. The van der Waals surface area contributed by atoms with Crippen molar-refractivity contribution in [2.24, 2.45) is 4.40 Å². The molecule has 1 amide bonds. The van der Waals surface area contributed by atoms with E-state index >= 15 is 0 Å². The highest BCUT2D eigenvalue weighted by atomic mass is 32.2. The van der Waals surface area contributed by atoms with Crippen LogP contribution in [0, 0.1) is 0 Å². The molecule has 150 valence electrons. The minimum Gasteiger partial charge on any atom is -0.496 e. The number of ketones is 1. The molecule has 0 fully saturated rings. The maximum absolute atomic E-state index is 12.8. The third-order valence-electron chi connectivity index (χ3n) is 4.34. The topological polar surface area (TPSA) is 105 Å². The Labute approximate surface area is 168 Å². The van der Waals surface area contributed by atoms with Crippen LogP contribution in [0.4, 0.5) is 5.69 Å². The highest BCUT2D eigenvalue weighted by Crippen LogP contribution is 2.25. The van der Waals surface area contributed by atoms with Crippen molar-refractivity contribution in [3.05, 3.63) is 71.4 Å². The number of methoxy groups -OCH3 is 1. The molecular weight excluding hydrogens is 394 g/mol. The van der Waals surface area contributed by atoms with E-state index in [-0.39, 0.29) is 17.2 Å². The number of amides is 1. The van der Waals surface area contributed by atoms with Gasteiger partial charge in [0.25, 0.3) is 5.91 Å². The minimum absolute atomic E-state index is 0.0950. The van der Waals surface area contributed by atoms with Crippen molar-refractivity contribution in [3.8, 4) is 5.75 Å². The Morgan fingerprint density at radius 3 is 2.34 bits per heavy atom. The number of nitrogens with one attached hydrogen (secondary N) is 1. The van der Waals surface area contributed by atoms with Gasteiger partial charge in [0.1, 0.15) is 11.4 Å². The molecule has 0 unspecified atom stereocenters. The molecule has 0 aliphatic carbocycles. The fourth-order valence-corrected chi connectivity index (χ4v) is 3.64. The van der Waals surface area contributed by atoms with Gasteiger partial charge in [-0.15, -0.1) is 4.40 Å². The maximum Gasteiger partial charge on any atom is 0.345 e. The fourth-order valence-electron chi connectivity index (χ4n) is 2.73. The summed E-state index contributed by atoms with van der Waals surface area (Å²) in [7, 11) is -1.38. The first-order valence-corrected chi connectivity index (χ1v) is 9.99. The largest absolute Gasteiger partial charge is 0.496 e. The molecular formula is C20H19N3O5S. The monoisotopic (exact) mass is 413 g/mol. The summed E-state index contributed by atoms with van der Waals surface area (Å²) < 4.78 is 34.8. The van der Waals surface area contributed by atoms with Crippen LogP contribution < -0.4 is 10.1 Å². The Hall–Kier alpha value is -3.46. The van der Waals surface area contributed by atoms with Crippen molar-refractivity contribution in [1.82, 2.24) is 4.31 Å². The van der Waals surface area contributed by atoms with Gasteiger partial charge in [-0.3, -0.25) is 9.59 Å². The summed E-state index contributed by atoms with van der Waals surface area (Å²) in [5, 5.41) is 2.64. The van der Waals surface area contributed by atoms with Gasteiger partial charge in [-0.1, -0.05) is 12.1 Å². The Bertz CT molecular complexity index is 1130.